The molecule has 3 rings (SSSR count). The number of rotatable bonds is 1. The van der Waals surface area contributed by atoms with Crippen LogP contribution in [0, 0.1) is 5.41 Å². The molecule has 1 N–H and O–H groups in total. The van der Waals surface area contributed by atoms with Gasteiger partial charge in [-0.15, -0.1) is 0 Å². The predicted molar refractivity (Wildman–Crippen MR) is 64.3 cm³/mol. The third kappa shape index (κ3) is 1.40. The second-order valence-electron chi connectivity index (χ2n) is 4.98. The van der Waals surface area contributed by atoms with Crippen molar-refractivity contribution in [3.63, 3.8) is 0 Å². The summed E-state index contributed by atoms with van der Waals surface area (Å²) in [5.41, 5.74) is 0.838. The van der Waals surface area contributed by atoms with E-state index >= 15 is 0 Å². The number of amides is 1. The summed E-state index contributed by atoms with van der Waals surface area (Å²) >= 11 is 0. The quantitative estimate of drug-likeness (QED) is 0.732. The number of likely N-dealkylation sites (tertiary alicyclic amines) is 1. The van der Waals surface area contributed by atoms with Gasteiger partial charge in [-0.2, -0.15) is 0 Å². The van der Waals surface area contributed by atoms with Gasteiger partial charge >= 0.3 is 0 Å². The lowest BCUT2D eigenvalue weighted by Gasteiger charge is -2.56. The van der Waals surface area contributed by atoms with E-state index in [0.29, 0.717) is 0 Å². The Kier molecular flexibility index (Phi) is 2.40. The highest BCUT2D eigenvalue weighted by Gasteiger charge is 2.59. The molecule has 0 radical (unpaired) electrons. The molecule has 4 heteroatoms. The molecule has 1 spiro atoms. The van der Waals surface area contributed by atoms with Gasteiger partial charge in [0.05, 0.1) is 17.2 Å². The van der Waals surface area contributed by atoms with Crippen molar-refractivity contribution < 1.29 is 4.79 Å². The Labute approximate surface area is 101 Å². The van der Waals surface area contributed by atoms with Crippen molar-refractivity contribution in [3.8, 4) is 0 Å². The van der Waals surface area contributed by atoms with Crippen LogP contribution in [0.25, 0.3) is 0 Å². The third-order valence-corrected chi connectivity index (χ3v) is 4.12. The van der Waals surface area contributed by atoms with Gasteiger partial charge in [0, 0.05) is 13.2 Å². The van der Waals surface area contributed by atoms with Gasteiger partial charge in [-0.25, -0.2) is 0 Å². The van der Waals surface area contributed by atoms with E-state index in [1.165, 1.54) is 0 Å². The SMILES string of the molecule is CN1C(=O)C2(CCNCC2)C1c1ccccn1. The summed E-state index contributed by atoms with van der Waals surface area (Å²) in [5, 5.41) is 3.32. The number of β-lactam (4-membered cyclic amide) rings is 1. The largest absolute Gasteiger partial charge is 0.335 e. The van der Waals surface area contributed by atoms with Gasteiger partial charge in [0.25, 0.3) is 0 Å². The highest BCUT2D eigenvalue weighted by atomic mass is 16.2. The van der Waals surface area contributed by atoms with E-state index in [0.717, 1.165) is 31.6 Å². The molecule has 1 aromatic rings. The molecule has 0 bridgehead atoms. The van der Waals surface area contributed by atoms with Crippen LogP contribution in [0.1, 0.15) is 24.6 Å². The van der Waals surface area contributed by atoms with Crippen molar-refractivity contribution in [1.29, 1.82) is 0 Å². The number of nitrogens with zero attached hydrogens (tertiary/aromatic N) is 2. The monoisotopic (exact) mass is 231 g/mol. The molecule has 1 atom stereocenters. The van der Waals surface area contributed by atoms with Crippen molar-refractivity contribution in [2.45, 2.75) is 18.9 Å². The zero-order valence-corrected chi connectivity index (χ0v) is 10.0. The minimum Gasteiger partial charge on any atom is -0.335 e. The summed E-state index contributed by atoms with van der Waals surface area (Å²) in [6.45, 7) is 1.87. The van der Waals surface area contributed by atoms with Gasteiger partial charge in [0.15, 0.2) is 0 Å². The van der Waals surface area contributed by atoms with Crippen molar-refractivity contribution >= 4 is 5.91 Å². The lowest BCUT2D eigenvalue weighted by Crippen LogP contribution is -2.64. The first-order valence-corrected chi connectivity index (χ1v) is 6.15. The van der Waals surface area contributed by atoms with Crippen LogP contribution in [0.15, 0.2) is 24.4 Å². The van der Waals surface area contributed by atoms with Crippen LogP contribution in [-0.2, 0) is 4.79 Å². The average molecular weight is 231 g/mol. The van der Waals surface area contributed by atoms with E-state index in [1.54, 1.807) is 6.20 Å². The Morgan fingerprint density at radius 3 is 2.82 bits per heavy atom. The van der Waals surface area contributed by atoms with Gasteiger partial charge in [-0.3, -0.25) is 9.78 Å². The topological polar surface area (TPSA) is 45.2 Å². The lowest BCUT2D eigenvalue weighted by atomic mass is 9.64. The summed E-state index contributed by atoms with van der Waals surface area (Å²) in [4.78, 5) is 18.5. The molecule has 17 heavy (non-hydrogen) atoms. The fourth-order valence-corrected chi connectivity index (χ4v) is 3.27. The molecule has 0 saturated carbocycles. The van der Waals surface area contributed by atoms with Crippen LogP contribution in [-0.4, -0.2) is 35.9 Å². The number of nitrogens with one attached hydrogen (secondary N) is 1. The number of aromatic nitrogens is 1. The van der Waals surface area contributed by atoms with Crippen LogP contribution in [0.3, 0.4) is 0 Å². The molecular weight excluding hydrogens is 214 g/mol. The van der Waals surface area contributed by atoms with Crippen LogP contribution in [0.2, 0.25) is 0 Å². The zero-order chi connectivity index (χ0) is 11.9. The third-order valence-electron chi connectivity index (χ3n) is 4.12. The number of carbonyl (C=O) groups is 1. The molecule has 3 heterocycles. The summed E-state index contributed by atoms with van der Waals surface area (Å²) in [6.07, 6.45) is 3.66. The predicted octanol–water partition coefficient (Wildman–Crippen LogP) is 0.964. The number of piperidine rings is 1. The lowest BCUT2D eigenvalue weighted by molar-refractivity contribution is -0.174. The van der Waals surface area contributed by atoms with Crippen molar-refractivity contribution in [3.05, 3.63) is 30.1 Å². The molecular formula is C13H17N3O. The second-order valence-corrected chi connectivity index (χ2v) is 4.98. The molecule has 2 fully saturated rings. The minimum absolute atomic E-state index is 0.165. The van der Waals surface area contributed by atoms with Gasteiger partial charge in [0.1, 0.15) is 0 Å². The molecule has 0 aliphatic carbocycles. The average Bonchev–Trinajstić information content (AvgIpc) is 2.41. The zero-order valence-electron chi connectivity index (χ0n) is 10.0. The molecule has 2 saturated heterocycles. The standard InChI is InChI=1S/C13H17N3O/c1-16-11(10-4-2-3-7-15-10)13(12(16)17)5-8-14-9-6-13/h2-4,7,11,14H,5-6,8-9H2,1H3. The van der Waals surface area contributed by atoms with Gasteiger partial charge < -0.3 is 10.2 Å². The maximum absolute atomic E-state index is 12.2. The number of carbonyl (C=O) groups excluding carboxylic acids is 1. The highest BCUT2D eigenvalue weighted by Crippen LogP contribution is 2.53. The second kappa shape index (κ2) is 3.81. The summed E-state index contributed by atoms with van der Waals surface area (Å²) in [6, 6.07) is 6.10. The van der Waals surface area contributed by atoms with Gasteiger partial charge in [-0.05, 0) is 38.1 Å². The Balaban J connectivity index is 1.95. The number of hydrogen-bond acceptors (Lipinski definition) is 3. The Morgan fingerprint density at radius 2 is 2.18 bits per heavy atom. The molecule has 1 unspecified atom stereocenters. The van der Waals surface area contributed by atoms with E-state index in [-0.39, 0.29) is 17.4 Å². The minimum atomic E-state index is -0.186. The molecule has 2 aliphatic rings. The van der Waals surface area contributed by atoms with Gasteiger partial charge in [-0.1, -0.05) is 6.07 Å². The first kappa shape index (κ1) is 10.7. The fourth-order valence-electron chi connectivity index (χ4n) is 3.27. The molecule has 90 valence electrons. The summed E-state index contributed by atoms with van der Waals surface area (Å²) in [5.74, 6) is 0.287. The molecule has 1 aromatic heterocycles. The smallest absolute Gasteiger partial charge is 0.231 e. The summed E-state index contributed by atoms with van der Waals surface area (Å²) in [7, 11) is 1.88. The van der Waals surface area contributed by atoms with Crippen molar-refractivity contribution in [1.82, 2.24) is 15.2 Å². The number of pyridine rings is 1. The van der Waals surface area contributed by atoms with Crippen LogP contribution < -0.4 is 5.32 Å². The molecule has 2 aliphatic heterocycles. The Bertz CT molecular complexity index is 426. The molecule has 0 aromatic carbocycles. The normalized spacial score (nSPS) is 27.0. The maximum atomic E-state index is 12.2. The highest BCUT2D eigenvalue weighted by molar-refractivity contribution is 5.90. The van der Waals surface area contributed by atoms with Crippen molar-refractivity contribution in [2.75, 3.05) is 20.1 Å². The Hall–Kier alpha value is -1.42. The van der Waals surface area contributed by atoms with E-state index < -0.39 is 0 Å². The van der Waals surface area contributed by atoms with E-state index in [4.69, 9.17) is 0 Å². The van der Waals surface area contributed by atoms with E-state index in [1.807, 2.05) is 30.1 Å². The van der Waals surface area contributed by atoms with E-state index in [9.17, 15) is 4.79 Å². The maximum Gasteiger partial charge on any atom is 0.231 e. The van der Waals surface area contributed by atoms with Crippen LogP contribution >= 0.6 is 0 Å². The molecule has 4 nitrogen and oxygen atoms in total. The van der Waals surface area contributed by atoms with Gasteiger partial charge in [0.2, 0.25) is 5.91 Å². The van der Waals surface area contributed by atoms with Crippen LogP contribution in [0.5, 0.6) is 0 Å². The van der Waals surface area contributed by atoms with E-state index in [2.05, 4.69) is 10.3 Å². The fraction of sp³-hybridized carbons (Fsp3) is 0.538. The van der Waals surface area contributed by atoms with Crippen molar-refractivity contribution in [2.24, 2.45) is 5.41 Å². The molecule has 1 amide bonds. The Morgan fingerprint density at radius 1 is 1.41 bits per heavy atom. The van der Waals surface area contributed by atoms with Crippen LogP contribution in [0.4, 0.5) is 0 Å². The summed E-state index contributed by atoms with van der Waals surface area (Å²) < 4.78 is 0. The first-order valence-electron chi connectivity index (χ1n) is 6.15. The first-order chi connectivity index (χ1) is 8.26. The number of hydrogen-bond donors (Lipinski definition) is 1.